The van der Waals surface area contributed by atoms with Crippen molar-refractivity contribution in [3.05, 3.63) is 29.8 Å². The van der Waals surface area contributed by atoms with E-state index in [1.165, 1.54) is 18.4 Å². The fourth-order valence-corrected chi connectivity index (χ4v) is 5.65. The second-order valence-electron chi connectivity index (χ2n) is 9.18. The number of oxime groups is 1. The van der Waals surface area contributed by atoms with E-state index in [0.29, 0.717) is 25.1 Å². The molecule has 4 aliphatic heterocycles. The largest absolute Gasteiger partial charge is 0.479 e. The lowest BCUT2D eigenvalue weighted by Gasteiger charge is -2.41. The van der Waals surface area contributed by atoms with Crippen molar-refractivity contribution < 1.29 is 14.4 Å². The average molecular weight is 427 g/mol. The number of benzene rings is 1. The first-order valence-corrected chi connectivity index (χ1v) is 12.0. The number of carbonyl (C=O) groups is 1. The highest BCUT2D eigenvalue weighted by Crippen LogP contribution is 2.31. The van der Waals surface area contributed by atoms with E-state index in [1.807, 2.05) is 11.0 Å². The SMILES string of the molecule is O=C1CCc2ccccc2N1CCCN1C2CCC1CN(CCCOC1=NOCC1)C2. The summed E-state index contributed by atoms with van der Waals surface area (Å²) in [5.41, 5.74) is 2.44. The third kappa shape index (κ3) is 4.72. The fraction of sp³-hybridized carbons (Fsp3) is 0.667. The number of piperazine rings is 1. The summed E-state index contributed by atoms with van der Waals surface area (Å²) in [7, 11) is 0. The van der Waals surface area contributed by atoms with E-state index in [4.69, 9.17) is 9.57 Å². The van der Waals surface area contributed by atoms with Crippen LogP contribution >= 0.6 is 0 Å². The Bertz CT molecular complexity index is 800. The average Bonchev–Trinajstić information content (AvgIpc) is 3.38. The maximum Gasteiger partial charge on any atom is 0.229 e. The van der Waals surface area contributed by atoms with Crippen LogP contribution in [0, 0.1) is 0 Å². The highest BCUT2D eigenvalue weighted by molar-refractivity contribution is 5.96. The van der Waals surface area contributed by atoms with Crippen LogP contribution in [0.25, 0.3) is 0 Å². The molecule has 168 valence electrons. The highest BCUT2D eigenvalue weighted by atomic mass is 16.7. The molecule has 1 aromatic carbocycles. The molecule has 2 bridgehead atoms. The first-order chi connectivity index (χ1) is 15.3. The summed E-state index contributed by atoms with van der Waals surface area (Å²) in [6.07, 6.45) is 7.02. The molecule has 4 heterocycles. The van der Waals surface area contributed by atoms with Crippen LogP contribution in [0.4, 0.5) is 5.69 Å². The van der Waals surface area contributed by atoms with Crippen LogP contribution < -0.4 is 4.90 Å². The zero-order valence-corrected chi connectivity index (χ0v) is 18.4. The lowest BCUT2D eigenvalue weighted by atomic mass is 10.0. The van der Waals surface area contributed by atoms with E-state index in [-0.39, 0.29) is 5.91 Å². The van der Waals surface area contributed by atoms with Gasteiger partial charge in [0.1, 0.15) is 6.61 Å². The zero-order valence-electron chi connectivity index (χ0n) is 18.4. The van der Waals surface area contributed by atoms with Gasteiger partial charge in [0.05, 0.1) is 13.0 Å². The standard InChI is InChI=1S/C24H34N4O3/c29-24-10-7-19-5-1-2-6-22(19)28(24)14-3-13-27-20-8-9-21(27)18-26(17-20)12-4-15-30-23-11-16-31-25-23/h1-2,5-6,20-21H,3-4,7-18H2. The summed E-state index contributed by atoms with van der Waals surface area (Å²) in [5.74, 6) is 1.03. The van der Waals surface area contributed by atoms with Gasteiger partial charge in [-0.2, -0.15) is 0 Å². The molecule has 31 heavy (non-hydrogen) atoms. The number of para-hydroxylation sites is 1. The van der Waals surface area contributed by atoms with E-state index < -0.39 is 0 Å². The molecule has 7 heteroatoms. The third-order valence-corrected chi connectivity index (χ3v) is 7.16. The number of amides is 1. The van der Waals surface area contributed by atoms with Crippen molar-refractivity contribution in [3.8, 4) is 0 Å². The summed E-state index contributed by atoms with van der Waals surface area (Å²) in [6, 6.07) is 9.71. The number of carbonyl (C=O) groups excluding carboxylic acids is 1. The van der Waals surface area contributed by atoms with Crippen LogP contribution in [0.3, 0.4) is 0 Å². The van der Waals surface area contributed by atoms with Crippen molar-refractivity contribution in [2.75, 3.05) is 50.8 Å². The van der Waals surface area contributed by atoms with Gasteiger partial charge in [-0.25, -0.2) is 0 Å². The molecule has 5 rings (SSSR count). The molecule has 2 atom stereocenters. The number of anilines is 1. The lowest BCUT2D eigenvalue weighted by molar-refractivity contribution is -0.118. The minimum absolute atomic E-state index is 0.281. The third-order valence-electron chi connectivity index (χ3n) is 7.16. The van der Waals surface area contributed by atoms with Crippen molar-refractivity contribution in [2.45, 2.75) is 57.0 Å². The van der Waals surface area contributed by atoms with Crippen LogP contribution in [-0.2, 0) is 20.8 Å². The molecule has 7 nitrogen and oxygen atoms in total. The molecule has 0 aliphatic carbocycles. The Labute approximate surface area is 184 Å². The van der Waals surface area contributed by atoms with Gasteiger partial charge in [-0.1, -0.05) is 23.4 Å². The van der Waals surface area contributed by atoms with Gasteiger partial charge >= 0.3 is 0 Å². The monoisotopic (exact) mass is 426 g/mol. The van der Waals surface area contributed by atoms with Crippen LogP contribution in [0.15, 0.2) is 29.4 Å². The quantitative estimate of drug-likeness (QED) is 0.598. The van der Waals surface area contributed by atoms with Crippen molar-refractivity contribution in [3.63, 3.8) is 0 Å². The Balaban J connectivity index is 1.06. The number of aryl methyl sites for hydroxylation is 1. The maximum atomic E-state index is 12.5. The van der Waals surface area contributed by atoms with Crippen LogP contribution in [0.5, 0.6) is 0 Å². The highest BCUT2D eigenvalue weighted by Gasteiger charge is 2.39. The minimum atomic E-state index is 0.281. The molecule has 1 aromatic rings. The number of ether oxygens (including phenoxy) is 1. The number of rotatable bonds is 8. The number of fused-ring (bicyclic) bond motifs is 3. The topological polar surface area (TPSA) is 57.6 Å². The first-order valence-electron chi connectivity index (χ1n) is 12.0. The van der Waals surface area contributed by atoms with Gasteiger partial charge in [-0.3, -0.25) is 9.69 Å². The van der Waals surface area contributed by atoms with Crippen molar-refractivity contribution in [1.29, 1.82) is 0 Å². The Hall–Kier alpha value is -2.12. The summed E-state index contributed by atoms with van der Waals surface area (Å²) >= 11 is 0. The number of hydrogen-bond donors (Lipinski definition) is 0. The van der Waals surface area contributed by atoms with Crippen molar-refractivity contribution in [2.24, 2.45) is 5.16 Å². The maximum absolute atomic E-state index is 12.5. The second-order valence-corrected chi connectivity index (χ2v) is 9.18. The summed E-state index contributed by atoms with van der Waals surface area (Å²) in [6.45, 7) is 6.72. The number of likely N-dealkylation sites (tertiary alicyclic amines) is 1. The summed E-state index contributed by atoms with van der Waals surface area (Å²) in [4.78, 5) is 24.8. The van der Waals surface area contributed by atoms with E-state index in [1.54, 1.807) is 0 Å². The molecule has 0 spiro atoms. The number of hydrogen-bond acceptors (Lipinski definition) is 6. The molecular formula is C24H34N4O3. The molecule has 1 amide bonds. The molecule has 0 N–H and O–H groups in total. The summed E-state index contributed by atoms with van der Waals surface area (Å²) < 4.78 is 5.68. The Morgan fingerprint density at radius 3 is 2.65 bits per heavy atom. The van der Waals surface area contributed by atoms with Crippen LogP contribution in [0.2, 0.25) is 0 Å². The van der Waals surface area contributed by atoms with Gasteiger partial charge in [0, 0.05) is 56.9 Å². The zero-order chi connectivity index (χ0) is 21.0. The predicted molar refractivity (Wildman–Crippen MR) is 120 cm³/mol. The van der Waals surface area contributed by atoms with Crippen LogP contribution in [0.1, 0.15) is 44.1 Å². The lowest BCUT2D eigenvalue weighted by Crippen LogP contribution is -2.54. The van der Waals surface area contributed by atoms with Gasteiger partial charge in [0.15, 0.2) is 0 Å². The van der Waals surface area contributed by atoms with Crippen molar-refractivity contribution in [1.82, 2.24) is 9.80 Å². The molecule has 2 saturated heterocycles. The molecule has 0 radical (unpaired) electrons. The fourth-order valence-electron chi connectivity index (χ4n) is 5.65. The molecular weight excluding hydrogens is 392 g/mol. The first kappa shape index (κ1) is 20.8. The Kier molecular flexibility index (Phi) is 6.41. The van der Waals surface area contributed by atoms with Crippen LogP contribution in [-0.4, -0.2) is 79.6 Å². The molecule has 0 saturated carbocycles. The van der Waals surface area contributed by atoms with Gasteiger partial charge in [0.25, 0.3) is 0 Å². The van der Waals surface area contributed by atoms with Gasteiger partial charge < -0.3 is 19.4 Å². The van der Waals surface area contributed by atoms with E-state index in [0.717, 1.165) is 76.6 Å². The second kappa shape index (κ2) is 9.57. The Morgan fingerprint density at radius 2 is 1.84 bits per heavy atom. The van der Waals surface area contributed by atoms with E-state index in [9.17, 15) is 4.79 Å². The molecule has 0 aromatic heterocycles. The minimum Gasteiger partial charge on any atom is -0.479 e. The molecule has 2 fully saturated rings. The van der Waals surface area contributed by atoms with Crippen molar-refractivity contribution >= 4 is 17.5 Å². The molecule has 4 aliphatic rings. The van der Waals surface area contributed by atoms with E-state index >= 15 is 0 Å². The number of nitrogens with zero attached hydrogens (tertiary/aromatic N) is 4. The van der Waals surface area contributed by atoms with Gasteiger partial charge in [-0.15, -0.1) is 0 Å². The Morgan fingerprint density at radius 1 is 1.00 bits per heavy atom. The van der Waals surface area contributed by atoms with Gasteiger partial charge in [-0.05, 0) is 43.7 Å². The smallest absolute Gasteiger partial charge is 0.229 e. The molecule has 2 unspecified atom stereocenters. The summed E-state index contributed by atoms with van der Waals surface area (Å²) in [5, 5.41) is 3.89. The van der Waals surface area contributed by atoms with E-state index in [2.05, 4.69) is 33.2 Å². The predicted octanol–water partition coefficient (Wildman–Crippen LogP) is 2.65. The normalized spacial score (nSPS) is 26.0. The van der Waals surface area contributed by atoms with Gasteiger partial charge in [0.2, 0.25) is 11.8 Å².